The zero-order valence-corrected chi connectivity index (χ0v) is 12.4. The van der Waals surface area contributed by atoms with Crippen LogP contribution in [0.15, 0.2) is 17.0 Å². The Kier molecular flexibility index (Phi) is 3.97. The van der Waals surface area contributed by atoms with Crippen molar-refractivity contribution in [3.05, 3.63) is 23.5 Å². The molecule has 21 heavy (non-hydrogen) atoms. The van der Waals surface area contributed by atoms with Crippen molar-refractivity contribution in [1.82, 2.24) is 0 Å². The van der Waals surface area contributed by atoms with Crippen LogP contribution in [0.5, 0.6) is 5.75 Å². The summed E-state index contributed by atoms with van der Waals surface area (Å²) in [4.78, 5) is 11.0. The van der Waals surface area contributed by atoms with Gasteiger partial charge in [-0.1, -0.05) is 19.3 Å². The van der Waals surface area contributed by atoms with Crippen LogP contribution in [-0.2, 0) is 20.0 Å². The third kappa shape index (κ3) is 2.74. The molecule has 1 fully saturated rings. The number of carbonyl (C=O) groups is 1. The fourth-order valence-corrected chi connectivity index (χ4v) is 3.70. The van der Waals surface area contributed by atoms with E-state index in [1.165, 1.54) is 0 Å². The third-order valence-electron chi connectivity index (χ3n) is 4.08. The van der Waals surface area contributed by atoms with Gasteiger partial charge in [-0.25, -0.2) is 12.8 Å². The maximum Gasteiger partial charge on any atom is 0.314 e. The van der Waals surface area contributed by atoms with Crippen molar-refractivity contribution in [2.75, 3.05) is 6.26 Å². The first-order valence-electron chi connectivity index (χ1n) is 6.65. The number of benzene rings is 1. The quantitative estimate of drug-likeness (QED) is 0.892. The number of aliphatic carboxylic acids is 1. The minimum Gasteiger partial charge on any atom is -0.508 e. The smallest absolute Gasteiger partial charge is 0.314 e. The topological polar surface area (TPSA) is 91.7 Å². The molecule has 0 spiro atoms. The lowest BCUT2D eigenvalue weighted by Gasteiger charge is -2.34. The summed E-state index contributed by atoms with van der Waals surface area (Å²) in [7, 11) is -3.83. The maximum atomic E-state index is 14.0. The number of halogens is 1. The van der Waals surface area contributed by atoms with Crippen LogP contribution in [0.4, 0.5) is 4.39 Å². The standard InChI is InChI=1S/C14H17FO5S/c1-21(19,20)12-8-11(16)9(7-10(12)15)14(13(17)18)5-3-2-4-6-14/h7-8,16H,2-6H2,1H3,(H,17,18). The summed E-state index contributed by atoms with van der Waals surface area (Å²) in [5, 5.41) is 19.6. The SMILES string of the molecule is CS(=O)(=O)c1cc(O)c(C2(C(=O)O)CCCCC2)cc1F. The highest BCUT2D eigenvalue weighted by atomic mass is 32.2. The number of hydrogen-bond acceptors (Lipinski definition) is 4. The average Bonchev–Trinajstić information content (AvgIpc) is 2.40. The number of aromatic hydroxyl groups is 1. The van der Waals surface area contributed by atoms with Crippen molar-refractivity contribution in [1.29, 1.82) is 0 Å². The molecule has 0 amide bonds. The highest BCUT2D eigenvalue weighted by molar-refractivity contribution is 7.90. The molecule has 1 aromatic rings. The fraction of sp³-hybridized carbons (Fsp3) is 0.500. The van der Waals surface area contributed by atoms with Crippen LogP contribution in [0.25, 0.3) is 0 Å². The predicted octanol–water partition coefficient (Wildman–Crippen LogP) is 2.22. The van der Waals surface area contributed by atoms with E-state index < -0.39 is 37.7 Å². The van der Waals surface area contributed by atoms with E-state index in [4.69, 9.17) is 0 Å². The van der Waals surface area contributed by atoms with E-state index in [1.54, 1.807) is 0 Å². The molecule has 0 saturated heterocycles. The molecule has 1 aliphatic rings. The Morgan fingerprint density at radius 1 is 1.24 bits per heavy atom. The zero-order chi connectivity index (χ0) is 15.8. The van der Waals surface area contributed by atoms with Gasteiger partial charge in [-0.15, -0.1) is 0 Å². The largest absolute Gasteiger partial charge is 0.508 e. The Morgan fingerprint density at radius 3 is 2.29 bits per heavy atom. The molecule has 2 N–H and O–H groups in total. The average molecular weight is 316 g/mol. The number of carboxylic acid groups (broad SMARTS) is 1. The summed E-state index contributed by atoms with van der Waals surface area (Å²) in [5.41, 5.74) is -1.39. The molecule has 2 rings (SSSR count). The normalized spacial score (nSPS) is 18.4. The second-order valence-electron chi connectivity index (χ2n) is 5.52. The Hall–Kier alpha value is -1.63. The van der Waals surface area contributed by atoms with E-state index in [0.29, 0.717) is 25.7 Å². The van der Waals surface area contributed by atoms with Crippen LogP contribution in [0, 0.1) is 5.82 Å². The molecule has 0 atom stereocenters. The molecule has 0 bridgehead atoms. The van der Waals surface area contributed by atoms with Crippen LogP contribution in [0.1, 0.15) is 37.7 Å². The molecule has 0 heterocycles. The second kappa shape index (κ2) is 5.29. The molecule has 1 saturated carbocycles. The molecule has 0 aromatic heterocycles. The lowest BCUT2D eigenvalue weighted by Crippen LogP contribution is -2.38. The van der Waals surface area contributed by atoms with Gasteiger partial charge in [-0.05, 0) is 18.9 Å². The molecule has 1 aromatic carbocycles. The number of sulfone groups is 1. The van der Waals surface area contributed by atoms with Gasteiger partial charge in [0.05, 0.1) is 5.41 Å². The van der Waals surface area contributed by atoms with Gasteiger partial charge < -0.3 is 10.2 Å². The third-order valence-corrected chi connectivity index (χ3v) is 5.19. The Bertz CT molecular complexity index is 675. The van der Waals surface area contributed by atoms with Gasteiger partial charge in [0.25, 0.3) is 0 Å². The van der Waals surface area contributed by atoms with Crippen LogP contribution in [0.3, 0.4) is 0 Å². The van der Waals surface area contributed by atoms with E-state index in [-0.39, 0.29) is 5.56 Å². The van der Waals surface area contributed by atoms with Gasteiger partial charge in [-0.2, -0.15) is 0 Å². The van der Waals surface area contributed by atoms with Crippen molar-refractivity contribution >= 4 is 15.8 Å². The van der Waals surface area contributed by atoms with Gasteiger partial charge in [0.2, 0.25) is 0 Å². The van der Waals surface area contributed by atoms with Crippen molar-refractivity contribution in [2.24, 2.45) is 0 Å². The van der Waals surface area contributed by atoms with Crippen molar-refractivity contribution in [3.63, 3.8) is 0 Å². The van der Waals surface area contributed by atoms with Crippen molar-refractivity contribution in [2.45, 2.75) is 42.4 Å². The molecule has 7 heteroatoms. The number of carboxylic acids is 1. The Morgan fingerprint density at radius 2 is 1.81 bits per heavy atom. The molecule has 116 valence electrons. The summed E-state index contributed by atoms with van der Waals surface area (Å²) >= 11 is 0. The number of phenolic OH excluding ortho intramolecular Hbond substituents is 1. The van der Waals surface area contributed by atoms with Crippen LogP contribution in [-0.4, -0.2) is 30.9 Å². The summed E-state index contributed by atoms with van der Waals surface area (Å²) in [6.07, 6.45) is 3.65. The van der Waals surface area contributed by atoms with Crippen molar-refractivity contribution < 1.29 is 27.8 Å². The second-order valence-corrected chi connectivity index (χ2v) is 7.50. The predicted molar refractivity (Wildman–Crippen MR) is 73.6 cm³/mol. The summed E-state index contributed by atoms with van der Waals surface area (Å²) in [5.74, 6) is -2.64. The lowest BCUT2D eigenvalue weighted by atomic mass is 9.69. The van der Waals surface area contributed by atoms with Gasteiger partial charge in [0.15, 0.2) is 9.84 Å². The summed E-state index contributed by atoms with van der Waals surface area (Å²) < 4.78 is 36.9. The van der Waals surface area contributed by atoms with Crippen LogP contribution < -0.4 is 0 Å². The molecule has 1 aliphatic carbocycles. The van der Waals surface area contributed by atoms with E-state index >= 15 is 0 Å². The Labute approximate surface area is 122 Å². The molecule has 5 nitrogen and oxygen atoms in total. The molecule has 0 radical (unpaired) electrons. The van der Waals surface area contributed by atoms with E-state index in [0.717, 1.165) is 24.8 Å². The first-order valence-corrected chi connectivity index (χ1v) is 8.54. The molecular weight excluding hydrogens is 299 g/mol. The van der Waals surface area contributed by atoms with E-state index in [9.17, 15) is 27.8 Å². The number of hydrogen-bond donors (Lipinski definition) is 2. The van der Waals surface area contributed by atoms with Crippen molar-refractivity contribution in [3.8, 4) is 5.75 Å². The number of rotatable bonds is 3. The van der Waals surface area contributed by atoms with Crippen LogP contribution in [0.2, 0.25) is 0 Å². The zero-order valence-electron chi connectivity index (χ0n) is 11.6. The van der Waals surface area contributed by atoms with Gasteiger partial charge in [0.1, 0.15) is 16.5 Å². The molecule has 0 unspecified atom stereocenters. The fourth-order valence-electron chi connectivity index (χ4n) is 2.96. The number of phenols is 1. The van der Waals surface area contributed by atoms with Gasteiger partial charge >= 0.3 is 5.97 Å². The van der Waals surface area contributed by atoms with Gasteiger partial charge in [0, 0.05) is 17.9 Å². The first kappa shape index (κ1) is 15.8. The minimum atomic E-state index is -3.83. The molecular formula is C14H17FO5S. The monoisotopic (exact) mass is 316 g/mol. The highest BCUT2D eigenvalue weighted by Crippen LogP contribution is 2.44. The van der Waals surface area contributed by atoms with E-state index in [2.05, 4.69) is 0 Å². The Balaban J connectivity index is 2.63. The van der Waals surface area contributed by atoms with Gasteiger partial charge in [-0.3, -0.25) is 4.79 Å². The lowest BCUT2D eigenvalue weighted by molar-refractivity contribution is -0.145. The summed E-state index contributed by atoms with van der Waals surface area (Å²) in [6.45, 7) is 0. The maximum absolute atomic E-state index is 14.0. The first-order chi connectivity index (χ1) is 9.68. The summed E-state index contributed by atoms with van der Waals surface area (Å²) in [6, 6.07) is 1.66. The van der Waals surface area contributed by atoms with Crippen LogP contribution >= 0.6 is 0 Å². The minimum absolute atomic E-state index is 0.0420. The highest BCUT2D eigenvalue weighted by Gasteiger charge is 2.43. The molecule has 0 aliphatic heterocycles. The van der Waals surface area contributed by atoms with E-state index in [1.807, 2.05) is 0 Å².